The monoisotopic (exact) mass is 412 g/mol. The largest absolute Gasteiger partial charge is 0.490 e. The zero-order valence-corrected chi connectivity index (χ0v) is 17.7. The van der Waals surface area contributed by atoms with E-state index in [9.17, 15) is 10.1 Å². The van der Waals surface area contributed by atoms with Crippen molar-refractivity contribution in [1.82, 2.24) is 19.6 Å². The van der Waals surface area contributed by atoms with Gasteiger partial charge in [-0.1, -0.05) is 0 Å². The Bertz CT molecular complexity index is 962. The molecule has 160 valence electrons. The van der Waals surface area contributed by atoms with Crippen LogP contribution in [0.1, 0.15) is 12.8 Å². The number of nitro groups is 1. The van der Waals surface area contributed by atoms with Crippen molar-refractivity contribution in [2.24, 2.45) is 7.05 Å². The van der Waals surface area contributed by atoms with E-state index in [2.05, 4.69) is 32.9 Å². The number of aryl methyl sites for hydroxylation is 1. The molecular formula is C21H28N6O3. The molecule has 3 heterocycles. The highest BCUT2D eigenvalue weighted by atomic mass is 16.6. The summed E-state index contributed by atoms with van der Waals surface area (Å²) < 4.78 is 7.06. The van der Waals surface area contributed by atoms with E-state index in [4.69, 9.17) is 4.74 Å². The number of anilines is 1. The molecule has 0 radical (unpaired) electrons. The van der Waals surface area contributed by atoms with E-state index in [-0.39, 0.29) is 11.4 Å². The number of benzene rings is 1. The summed E-state index contributed by atoms with van der Waals surface area (Å²) in [5.41, 5.74) is 2.57. The summed E-state index contributed by atoms with van der Waals surface area (Å²) in [6.07, 6.45) is 8.29. The molecule has 0 bridgehead atoms. The van der Waals surface area contributed by atoms with Gasteiger partial charge in [-0.3, -0.25) is 14.8 Å². The van der Waals surface area contributed by atoms with E-state index >= 15 is 0 Å². The van der Waals surface area contributed by atoms with Crippen LogP contribution >= 0.6 is 0 Å². The highest BCUT2D eigenvalue weighted by Crippen LogP contribution is 2.40. The van der Waals surface area contributed by atoms with E-state index in [0.717, 1.165) is 56.0 Å². The summed E-state index contributed by atoms with van der Waals surface area (Å²) in [4.78, 5) is 18.2. The molecule has 0 amide bonds. The highest BCUT2D eigenvalue weighted by molar-refractivity contribution is 5.82. The van der Waals surface area contributed by atoms with Crippen molar-refractivity contribution in [3.05, 3.63) is 46.5 Å². The standard InChI is InChI=1S/C21H28N6O3/c1-23-7-5-4-6-21(23)26-10-8-25(9-11-26)18-13-20(30-3)19(27(28)29)12-17(18)16-14-22-24(2)15-16/h6,12-15H,4-5,7-11H2,1-3H3. The van der Waals surface area contributed by atoms with Crippen molar-refractivity contribution in [3.63, 3.8) is 0 Å². The summed E-state index contributed by atoms with van der Waals surface area (Å²) in [6, 6.07) is 3.40. The predicted octanol–water partition coefficient (Wildman–Crippen LogP) is 2.69. The van der Waals surface area contributed by atoms with Crippen LogP contribution in [0.5, 0.6) is 5.75 Å². The minimum Gasteiger partial charge on any atom is -0.490 e. The Morgan fingerprint density at radius 1 is 1.10 bits per heavy atom. The molecule has 30 heavy (non-hydrogen) atoms. The average molecular weight is 412 g/mol. The number of aromatic nitrogens is 2. The van der Waals surface area contributed by atoms with Gasteiger partial charge in [0.1, 0.15) is 0 Å². The van der Waals surface area contributed by atoms with Gasteiger partial charge >= 0.3 is 5.69 Å². The van der Waals surface area contributed by atoms with Gasteiger partial charge in [-0.25, -0.2) is 0 Å². The van der Waals surface area contributed by atoms with Crippen molar-refractivity contribution in [1.29, 1.82) is 0 Å². The van der Waals surface area contributed by atoms with Crippen LogP contribution in [0.4, 0.5) is 11.4 Å². The van der Waals surface area contributed by atoms with Crippen molar-refractivity contribution >= 4 is 11.4 Å². The number of hydrogen-bond acceptors (Lipinski definition) is 7. The first kappa shape index (κ1) is 20.1. The quantitative estimate of drug-likeness (QED) is 0.552. The molecule has 4 rings (SSSR count). The third-order valence-corrected chi connectivity index (χ3v) is 5.87. The van der Waals surface area contributed by atoms with Gasteiger partial charge in [0.05, 0.1) is 24.1 Å². The molecule has 1 saturated heterocycles. The minimum absolute atomic E-state index is 0.0345. The van der Waals surface area contributed by atoms with Crippen LogP contribution in [0.15, 0.2) is 36.4 Å². The first-order valence-corrected chi connectivity index (χ1v) is 10.2. The molecule has 2 aromatic rings. The van der Waals surface area contributed by atoms with Crippen LogP contribution in [-0.2, 0) is 7.05 Å². The van der Waals surface area contributed by atoms with Gasteiger partial charge in [-0.2, -0.15) is 5.10 Å². The Kier molecular flexibility index (Phi) is 5.52. The number of piperazine rings is 1. The van der Waals surface area contributed by atoms with Crippen LogP contribution in [0.2, 0.25) is 0 Å². The highest BCUT2D eigenvalue weighted by Gasteiger charge is 2.27. The molecular weight excluding hydrogens is 384 g/mol. The van der Waals surface area contributed by atoms with Crippen molar-refractivity contribution in [2.75, 3.05) is 51.8 Å². The first-order valence-electron chi connectivity index (χ1n) is 10.2. The smallest absolute Gasteiger partial charge is 0.311 e. The molecule has 0 saturated carbocycles. The Morgan fingerprint density at radius 2 is 1.83 bits per heavy atom. The molecule has 0 spiro atoms. The molecule has 0 unspecified atom stereocenters. The minimum atomic E-state index is -0.397. The summed E-state index contributed by atoms with van der Waals surface area (Å²) in [5, 5.41) is 15.8. The molecule has 1 fully saturated rings. The third-order valence-electron chi connectivity index (χ3n) is 5.87. The second-order valence-corrected chi connectivity index (χ2v) is 7.80. The predicted molar refractivity (Wildman–Crippen MR) is 116 cm³/mol. The lowest BCUT2D eigenvalue weighted by Gasteiger charge is -2.42. The Morgan fingerprint density at radius 3 is 2.43 bits per heavy atom. The maximum absolute atomic E-state index is 11.6. The van der Waals surface area contributed by atoms with Gasteiger partial charge in [0.2, 0.25) is 0 Å². The number of nitrogens with zero attached hydrogens (tertiary/aromatic N) is 6. The summed E-state index contributed by atoms with van der Waals surface area (Å²) >= 11 is 0. The van der Waals surface area contributed by atoms with Crippen LogP contribution in [0, 0.1) is 10.1 Å². The van der Waals surface area contributed by atoms with Gasteiger partial charge in [0.25, 0.3) is 0 Å². The first-order chi connectivity index (χ1) is 14.5. The molecule has 0 atom stereocenters. The summed E-state index contributed by atoms with van der Waals surface area (Å²) in [5.74, 6) is 1.59. The Labute approximate surface area is 176 Å². The fourth-order valence-electron chi connectivity index (χ4n) is 4.29. The third kappa shape index (κ3) is 3.79. The van der Waals surface area contributed by atoms with Crippen LogP contribution < -0.4 is 9.64 Å². The van der Waals surface area contributed by atoms with E-state index in [1.807, 2.05) is 13.2 Å². The van der Waals surface area contributed by atoms with Gasteiger partial charge in [-0.05, 0) is 18.9 Å². The zero-order valence-electron chi connectivity index (χ0n) is 17.7. The molecule has 1 aromatic heterocycles. The average Bonchev–Trinajstić information content (AvgIpc) is 3.19. The van der Waals surface area contributed by atoms with Gasteiger partial charge in [0.15, 0.2) is 5.75 Å². The zero-order chi connectivity index (χ0) is 21.3. The summed E-state index contributed by atoms with van der Waals surface area (Å²) in [7, 11) is 5.46. The number of rotatable bonds is 5. The van der Waals surface area contributed by atoms with Gasteiger partial charge < -0.3 is 19.4 Å². The topological polar surface area (TPSA) is 79.9 Å². The fourth-order valence-corrected chi connectivity index (χ4v) is 4.29. The van der Waals surface area contributed by atoms with Crippen LogP contribution in [0.3, 0.4) is 0 Å². The number of nitro benzene ring substituents is 1. The Balaban J connectivity index is 1.65. The Hall–Kier alpha value is -3.23. The van der Waals surface area contributed by atoms with E-state index < -0.39 is 4.92 Å². The lowest BCUT2D eigenvalue weighted by atomic mass is 10.0. The van der Waals surface area contributed by atoms with Crippen LogP contribution in [-0.4, -0.2) is 71.4 Å². The SMILES string of the molecule is COc1cc(N2CCN(C3=CCCCN3C)CC2)c(-c2cnn(C)c2)cc1[N+](=O)[O-]. The summed E-state index contributed by atoms with van der Waals surface area (Å²) in [6.45, 7) is 4.57. The van der Waals surface area contributed by atoms with Crippen molar-refractivity contribution < 1.29 is 9.66 Å². The lowest BCUT2D eigenvalue weighted by molar-refractivity contribution is -0.385. The second kappa shape index (κ2) is 8.25. The van der Waals surface area contributed by atoms with Crippen LogP contribution in [0.25, 0.3) is 11.1 Å². The molecule has 0 N–H and O–H groups in total. The maximum Gasteiger partial charge on any atom is 0.311 e. The molecule has 9 nitrogen and oxygen atoms in total. The van der Waals surface area contributed by atoms with Gasteiger partial charge in [0, 0.05) is 82.0 Å². The number of allylic oxidation sites excluding steroid dienone is 1. The number of methoxy groups -OCH3 is 1. The van der Waals surface area contributed by atoms with Gasteiger partial charge in [-0.15, -0.1) is 0 Å². The normalized spacial score (nSPS) is 17.2. The molecule has 2 aliphatic rings. The van der Waals surface area contributed by atoms with Crippen molar-refractivity contribution in [3.8, 4) is 16.9 Å². The number of ether oxygens (including phenoxy) is 1. The number of hydrogen-bond donors (Lipinski definition) is 0. The fraction of sp³-hybridized carbons (Fsp3) is 0.476. The van der Waals surface area contributed by atoms with Crippen molar-refractivity contribution in [2.45, 2.75) is 12.8 Å². The maximum atomic E-state index is 11.6. The van der Waals surface area contributed by atoms with E-state index in [1.54, 1.807) is 23.0 Å². The van der Waals surface area contributed by atoms with E-state index in [1.165, 1.54) is 19.4 Å². The molecule has 9 heteroatoms. The lowest BCUT2D eigenvalue weighted by Crippen LogP contribution is -2.49. The molecule has 2 aliphatic heterocycles. The second-order valence-electron chi connectivity index (χ2n) is 7.80. The molecule has 1 aromatic carbocycles. The molecule has 0 aliphatic carbocycles. The van der Waals surface area contributed by atoms with E-state index in [0.29, 0.717) is 0 Å².